The molecule has 25 heavy (non-hydrogen) atoms. The van der Waals surface area contributed by atoms with E-state index in [1.54, 1.807) is 17.1 Å². The molecule has 0 bridgehead atoms. The van der Waals surface area contributed by atoms with Gasteiger partial charge in [0.05, 0.1) is 17.5 Å². The number of carbonyl (C=O) groups excluding carboxylic acids is 1. The Balaban J connectivity index is 1.71. The zero-order valence-electron chi connectivity index (χ0n) is 13.0. The first-order valence-corrected chi connectivity index (χ1v) is 9.09. The number of hydrogen-bond donors (Lipinski definition) is 0. The number of aliphatic imine (C=N–C) groups is 1. The summed E-state index contributed by atoms with van der Waals surface area (Å²) >= 11 is 7.16. The fourth-order valence-corrected chi connectivity index (χ4v) is 3.67. The van der Waals surface area contributed by atoms with Gasteiger partial charge in [0.2, 0.25) is 0 Å². The van der Waals surface area contributed by atoms with Crippen molar-refractivity contribution >= 4 is 40.1 Å². The van der Waals surface area contributed by atoms with Crippen LogP contribution in [0.4, 0.5) is 9.18 Å². The number of hydrazone groups is 1. The van der Waals surface area contributed by atoms with E-state index in [1.165, 1.54) is 23.9 Å². The average Bonchev–Trinajstić information content (AvgIpc) is 3.23. The van der Waals surface area contributed by atoms with E-state index in [0.29, 0.717) is 23.0 Å². The summed E-state index contributed by atoms with van der Waals surface area (Å²) in [5.41, 5.74) is 2.74. The summed E-state index contributed by atoms with van der Waals surface area (Å²) in [5.74, 6) is 0.867. The van der Waals surface area contributed by atoms with Gasteiger partial charge in [-0.15, -0.1) is 0 Å². The molecule has 126 valence electrons. The molecule has 2 aromatic carbocycles. The van der Waals surface area contributed by atoms with Gasteiger partial charge in [-0.1, -0.05) is 47.6 Å². The van der Waals surface area contributed by atoms with Crippen molar-refractivity contribution in [3.8, 4) is 0 Å². The molecule has 2 aliphatic heterocycles. The first kappa shape index (κ1) is 16.3. The lowest BCUT2D eigenvalue weighted by molar-refractivity contribution is 0.267. The number of thioether (sulfide) groups is 1. The largest absolute Gasteiger partial charge is 0.307 e. The molecule has 0 radical (unpaired) electrons. The van der Waals surface area contributed by atoms with Gasteiger partial charge in [0.1, 0.15) is 11.7 Å². The van der Waals surface area contributed by atoms with Crippen LogP contribution < -0.4 is 0 Å². The van der Waals surface area contributed by atoms with Gasteiger partial charge in [0.25, 0.3) is 0 Å². The Morgan fingerprint density at radius 3 is 2.48 bits per heavy atom. The summed E-state index contributed by atoms with van der Waals surface area (Å²) < 4.78 is 13.2. The van der Waals surface area contributed by atoms with E-state index in [9.17, 15) is 9.18 Å². The molecule has 1 unspecified atom stereocenters. The molecule has 0 spiro atoms. The highest BCUT2D eigenvalue weighted by molar-refractivity contribution is 8.14. The van der Waals surface area contributed by atoms with Crippen molar-refractivity contribution < 1.29 is 9.18 Å². The van der Waals surface area contributed by atoms with Crippen LogP contribution in [0.15, 0.2) is 58.6 Å². The van der Waals surface area contributed by atoms with Gasteiger partial charge in [0, 0.05) is 11.4 Å². The predicted octanol–water partition coefficient (Wildman–Crippen LogP) is 4.90. The lowest BCUT2D eigenvalue weighted by Gasteiger charge is -2.23. The van der Waals surface area contributed by atoms with Crippen molar-refractivity contribution in [1.82, 2.24) is 5.01 Å². The van der Waals surface area contributed by atoms with Crippen molar-refractivity contribution in [2.45, 2.75) is 12.5 Å². The molecule has 4 rings (SSSR count). The molecule has 0 aromatic heterocycles. The van der Waals surface area contributed by atoms with E-state index in [4.69, 9.17) is 11.6 Å². The first-order valence-electron chi connectivity index (χ1n) is 7.72. The van der Waals surface area contributed by atoms with Gasteiger partial charge in [-0.3, -0.25) is 4.79 Å². The zero-order valence-corrected chi connectivity index (χ0v) is 14.6. The van der Waals surface area contributed by atoms with Gasteiger partial charge in [0.15, 0.2) is 0 Å². The molecule has 7 heteroatoms. The Hall–Kier alpha value is -2.18. The number of carbonyl (C=O) groups is 1. The smallest absolute Gasteiger partial charge is 0.259 e. The second-order valence-electron chi connectivity index (χ2n) is 5.75. The quantitative estimate of drug-likeness (QED) is 0.752. The molecule has 2 heterocycles. The van der Waals surface area contributed by atoms with Gasteiger partial charge in [-0.2, -0.15) is 10.1 Å². The van der Waals surface area contributed by atoms with Crippen molar-refractivity contribution in [3.63, 3.8) is 0 Å². The number of benzene rings is 2. The van der Waals surface area contributed by atoms with Crippen LogP contribution in [0.3, 0.4) is 0 Å². The summed E-state index contributed by atoms with van der Waals surface area (Å²) in [7, 11) is 0. The first-order chi connectivity index (χ1) is 12.1. The van der Waals surface area contributed by atoms with E-state index < -0.39 is 0 Å². The molecule has 1 amide bonds. The summed E-state index contributed by atoms with van der Waals surface area (Å²) in [6.45, 7) is 0. The summed E-state index contributed by atoms with van der Waals surface area (Å²) in [4.78, 5) is 15.6. The van der Waals surface area contributed by atoms with Crippen LogP contribution in [0.1, 0.15) is 23.6 Å². The van der Waals surface area contributed by atoms with Crippen LogP contribution in [0.5, 0.6) is 0 Å². The molecule has 0 fully saturated rings. The Labute approximate surface area is 153 Å². The van der Waals surface area contributed by atoms with Crippen LogP contribution in [0, 0.1) is 5.82 Å². The summed E-state index contributed by atoms with van der Waals surface area (Å²) in [6, 6.07) is 13.8. The third-order valence-corrected chi connectivity index (χ3v) is 5.14. The minimum Gasteiger partial charge on any atom is -0.259 e. The maximum absolute atomic E-state index is 13.2. The van der Waals surface area contributed by atoms with E-state index in [0.717, 1.165) is 16.8 Å². The Morgan fingerprint density at radius 2 is 1.84 bits per heavy atom. The van der Waals surface area contributed by atoms with Crippen LogP contribution in [0.2, 0.25) is 5.02 Å². The lowest BCUT2D eigenvalue weighted by atomic mass is 9.98. The molecule has 0 saturated carbocycles. The zero-order chi connectivity index (χ0) is 17.4. The molecule has 4 nitrogen and oxygen atoms in total. The Bertz CT molecular complexity index is 880. The minimum absolute atomic E-state index is 0.0671. The van der Waals surface area contributed by atoms with Crippen LogP contribution in [-0.2, 0) is 0 Å². The van der Waals surface area contributed by atoms with Crippen LogP contribution >= 0.6 is 23.4 Å². The molecular formula is C18H13ClFN3OS. The average molecular weight is 374 g/mol. The minimum atomic E-state index is -0.282. The second kappa shape index (κ2) is 6.61. The number of amidine groups is 1. The third-order valence-electron chi connectivity index (χ3n) is 4.15. The van der Waals surface area contributed by atoms with Gasteiger partial charge < -0.3 is 0 Å². The van der Waals surface area contributed by atoms with E-state index in [-0.39, 0.29) is 17.1 Å². The Morgan fingerprint density at radius 1 is 1.12 bits per heavy atom. The number of amides is 1. The molecule has 0 saturated heterocycles. The summed E-state index contributed by atoms with van der Waals surface area (Å²) in [5, 5.41) is 6.95. The molecule has 0 aliphatic carbocycles. The highest BCUT2D eigenvalue weighted by Gasteiger charge is 2.34. The molecule has 2 aromatic rings. The number of nitrogens with zero attached hydrogens (tertiary/aromatic N) is 3. The topological polar surface area (TPSA) is 45.0 Å². The fourth-order valence-electron chi connectivity index (χ4n) is 2.92. The van der Waals surface area contributed by atoms with Crippen molar-refractivity contribution in [2.24, 2.45) is 10.1 Å². The van der Waals surface area contributed by atoms with Crippen LogP contribution in [0.25, 0.3) is 0 Å². The summed E-state index contributed by atoms with van der Waals surface area (Å²) in [6.07, 6.45) is 0.644. The normalized spacial score (nSPS) is 20.0. The van der Waals surface area contributed by atoms with E-state index in [2.05, 4.69) is 10.1 Å². The highest BCUT2D eigenvalue weighted by atomic mass is 35.5. The van der Waals surface area contributed by atoms with Gasteiger partial charge >= 0.3 is 5.24 Å². The monoisotopic (exact) mass is 373 g/mol. The Kier molecular flexibility index (Phi) is 4.31. The standard InChI is InChI=1S/C18H13ClFN3OS/c19-13-5-1-12(2-6-13)16-9-15(11-3-7-14(20)8-4-11)22-23(16)17-10-25-18(24)21-17/h1-8,16H,9-10H2. The third kappa shape index (κ3) is 3.32. The number of rotatable bonds is 2. The fraction of sp³-hybridized carbons (Fsp3) is 0.167. The maximum atomic E-state index is 13.2. The van der Waals surface area contributed by atoms with Gasteiger partial charge in [-0.25, -0.2) is 9.40 Å². The SMILES string of the molecule is O=C1N=C(N2N=C(c3ccc(F)cc3)CC2c2ccc(Cl)cc2)CS1. The van der Waals surface area contributed by atoms with Crippen molar-refractivity contribution in [1.29, 1.82) is 0 Å². The lowest BCUT2D eigenvalue weighted by Crippen LogP contribution is -2.27. The van der Waals surface area contributed by atoms with Gasteiger partial charge in [-0.05, 0) is 35.4 Å². The van der Waals surface area contributed by atoms with E-state index >= 15 is 0 Å². The van der Waals surface area contributed by atoms with Crippen molar-refractivity contribution in [3.05, 3.63) is 70.5 Å². The molecule has 2 aliphatic rings. The number of hydrogen-bond acceptors (Lipinski definition) is 4. The molecular weight excluding hydrogens is 361 g/mol. The number of halogens is 2. The maximum Gasteiger partial charge on any atom is 0.307 e. The van der Waals surface area contributed by atoms with E-state index in [1.807, 2.05) is 24.3 Å². The predicted molar refractivity (Wildman–Crippen MR) is 98.9 cm³/mol. The molecule has 0 N–H and O–H groups in total. The second-order valence-corrected chi connectivity index (χ2v) is 7.12. The van der Waals surface area contributed by atoms with Crippen LogP contribution in [-0.4, -0.2) is 27.5 Å². The molecule has 1 atom stereocenters. The van der Waals surface area contributed by atoms with Crippen molar-refractivity contribution in [2.75, 3.05) is 5.75 Å². The highest BCUT2D eigenvalue weighted by Crippen LogP contribution is 2.35.